The fraction of sp³-hybridized carbons (Fsp3) is 0.0714. The molecule has 2 aromatic carbocycles. The van der Waals surface area contributed by atoms with Gasteiger partial charge in [0.1, 0.15) is 0 Å². The van der Waals surface area contributed by atoms with Crippen LogP contribution in [-0.2, 0) is 4.79 Å². The van der Waals surface area contributed by atoms with Crippen LogP contribution in [0.5, 0.6) is 0 Å². The Morgan fingerprint density at radius 3 is 2.28 bits per heavy atom. The highest BCUT2D eigenvalue weighted by Gasteiger charge is 2.16. The van der Waals surface area contributed by atoms with Crippen molar-refractivity contribution < 1.29 is 9.90 Å². The van der Waals surface area contributed by atoms with Crippen molar-refractivity contribution in [2.45, 2.75) is 6.10 Å². The largest absolute Gasteiger partial charge is 0.378 e. The van der Waals surface area contributed by atoms with Crippen LogP contribution in [0.1, 0.15) is 11.7 Å². The Balaban J connectivity index is 2.06. The fourth-order valence-corrected chi connectivity index (χ4v) is 1.66. The first-order valence-electron chi connectivity index (χ1n) is 5.46. The maximum atomic E-state index is 11.8. The van der Waals surface area contributed by atoms with Crippen LogP contribution < -0.4 is 5.32 Å². The van der Waals surface area contributed by atoms with Gasteiger partial charge in [-0.2, -0.15) is 0 Å². The monoisotopic (exact) mass is 261 g/mol. The number of hydrogen-bond acceptors (Lipinski definition) is 2. The molecular weight excluding hydrogens is 250 g/mol. The second kappa shape index (κ2) is 5.67. The summed E-state index contributed by atoms with van der Waals surface area (Å²) in [4.78, 5) is 11.8. The molecule has 0 saturated carbocycles. The van der Waals surface area contributed by atoms with Crippen molar-refractivity contribution >= 4 is 23.2 Å². The average molecular weight is 262 g/mol. The number of carbonyl (C=O) groups excluding carboxylic acids is 1. The van der Waals surface area contributed by atoms with E-state index in [4.69, 9.17) is 11.6 Å². The van der Waals surface area contributed by atoms with Gasteiger partial charge in [0.15, 0.2) is 6.10 Å². The predicted molar refractivity (Wildman–Crippen MR) is 71.5 cm³/mol. The molecule has 1 amide bonds. The lowest BCUT2D eigenvalue weighted by atomic mass is 10.1. The van der Waals surface area contributed by atoms with Crippen molar-refractivity contribution in [2.24, 2.45) is 0 Å². The van der Waals surface area contributed by atoms with Gasteiger partial charge in [0.25, 0.3) is 5.91 Å². The van der Waals surface area contributed by atoms with Gasteiger partial charge in [-0.1, -0.05) is 41.9 Å². The molecule has 3 nitrogen and oxygen atoms in total. The average Bonchev–Trinajstić information content (AvgIpc) is 2.41. The Bertz CT molecular complexity index is 525. The molecule has 0 unspecified atom stereocenters. The number of aliphatic hydroxyl groups is 1. The molecule has 0 fully saturated rings. The third-order valence-corrected chi connectivity index (χ3v) is 2.73. The summed E-state index contributed by atoms with van der Waals surface area (Å²) in [7, 11) is 0. The summed E-state index contributed by atoms with van der Waals surface area (Å²) in [5.74, 6) is -0.469. The van der Waals surface area contributed by atoms with Crippen molar-refractivity contribution in [3.8, 4) is 0 Å². The van der Waals surface area contributed by atoms with Crippen LogP contribution in [0.15, 0.2) is 54.6 Å². The second-order valence-corrected chi connectivity index (χ2v) is 4.25. The van der Waals surface area contributed by atoms with E-state index in [2.05, 4.69) is 5.32 Å². The van der Waals surface area contributed by atoms with Crippen LogP contribution in [0.2, 0.25) is 5.02 Å². The molecule has 0 aliphatic rings. The molecule has 92 valence electrons. The molecule has 0 aromatic heterocycles. The van der Waals surface area contributed by atoms with Crippen LogP contribution in [0.3, 0.4) is 0 Å². The van der Waals surface area contributed by atoms with Gasteiger partial charge in [-0.05, 0) is 29.8 Å². The van der Waals surface area contributed by atoms with E-state index < -0.39 is 12.0 Å². The Labute approximate surface area is 110 Å². The molecule has 2 aromatic rings. The van der Waals surface area contributed by atoms with E-state index in [1.807, 2.05) is 6.07 Å². The molecule has 0 spiro atoms. The summed E-state index contributed by atoms with van der Waals surface area (Å²) < 4.78 is 0. The van der Waals surface area contributed by atoms with E-state index in [9.17, 15) is 9.90 Å². The first-order valence-corrected chi connectivity index (χ1v) is 5.84. The van der Waals surface area contributed by atoms with Crippen molar-refractivity contribution in [1.82, 2.24) is 0 Å². The van der Waals surface area contributed by atoms with E-state index in [0.717, 1.165) is 0 Å². The minimum absolute atomic E-state index is 0.469. The van der Waals surface area contributed by atoms with E-state index in [-0.39, 0.29) is 0 Å². The minimum Gasteiger partial charge on any atom is -0.378 e. The highest BCUT2D eigenvalue weighted by molar-refractivity contribution is 6.30. The maximum absolute atomic E-state index is 11.8. The summed E-state index contributed by atoms with van der Waals surface area (Å²) in [5, 5.41) is 13.1. The number of benzene rings is 2. The number of anilines is 1. The Kier molecular flexibility index (Phi) is 3.97. The van der Waals surface area contributed by atoms with Crippen LogP contribution in [0.4, 0.5) is 5.69 Å². The highest BCUT2D eigenvalue weighted by Crippen LogP contribution is 2.17. The van der Waals surface area contributed by atoms with Gasteiger partial charge in [0.05, 0.1) is 0 Å². The lowest BCUT2D eigenvalue weighted by Crippen LogP contribution is -2.20. The lowest BCUT2D eigenvalue weighted by Gasteiger charge is -2.11. The molecule has 0 aliphatic carbocycles. The Morgan fingerprint density at radius 2 is 1.67 bits per heavy atom. The fourth-order valence-electron chi connectivity index (χ4n) is 1.53. The summed E-state index contributed by atoms with van der Waals surface area (Å²) >= 11 is 5.74. The van der Waals surface area contributed by atoms with Crippen LogP contribution in [-0.4, -0.2) is 11.0 Å². The predicted octanol–water partition coefficient (Wildman–Crippen LogP) is 3.01. The van der Waals surface area contributed by atoms with Crippen LogP contribution in [0, 0.1) is 0 Å². The van der Waals surface area contributed by atoms with Gasteiger partial charge in [-0.3, -0.25) is 4.79 Å². The zero-order chi connectivity index (χ0) is 13.0. The third kappa shape index (κ3) is 3.09. The molecule has 1 atom stereocenters. The summed E-state index contributed by atoms with van der Waals surface area (Å²) in [5.41, 5.74) is 1.16. The molecule has 2 N–H and O–H groups in total. The molecule has 18 heavy (non-hydrogen) atoms. The summed E-state index contributed by atoms with van der Waals surface area (Å²) in [6.45, 7) is 0. The minimum atomic E-state index is -1.18. The number of nitrogens with one attached hydrogen (secondary N) is 1. The molecule has 0 bridgehead atoms. The molecule has 0 saturated heterocycles. The van der Waals surface area contributed by atoms with Crippen molar-refractivity contribution in [3.05, 3.63) is 65.2 Å². The smallest absolute Gasteiger partial charge is 0.257 e. The van der Waals surface area contributed by atoms with Crippen LogP contribution in [0.25, 0.3) is 0 Å². The van der Waals surface area contributed by atoms with Gasteiger partial charge >= 0.3 is 0 Å². The Hall–Kier alpha value is -1.84. The standard InChI is InChI=1S/C14H12ClNO2/c15-11-6-8-12(9-7-11)16-14(18)13(17)10-4-2-1-3-5-10/h1-9,13,17H,(H,16,18)/t13-/m0/s1. The number of halogens is 1. The quantitative estimate of drug-likeness (QED) is 0.892. The van der Waals surface area contributed by atoms with Gasteiger partial charge in [0, 0.05) is 10.7 Å². The molecule has 2 rings (SSSR count). The van der Waals surface area contributed by atoms with Crippen molar-refractivity contribution in [1.29, 1.82) is 0 Å². The highest BCUT2D eigenvalue weighted by atomic mass is 35.5. The van der Waals surface area contributed by atoms with Gasteiger partial charge in [-0.15, -0.1) is 0 Å². The lowest BCUT2D eigenvalue weighted by molar-refractivity contribution is -0.124. The Morgan fingerprint density at radius 1 is 1.06 bits per heavy atom. The second-order valence-electron chi connectivity index (χ2n) is 3.81. The van der Waals surface area contributed by atoms with Gasteiger partial charge in [0.2, 0.25) is 0 Å². The number of aliphatic hydroxyl groups excluding tert-OH is 1. The molecular formula is C14H12ClNO2. The van der Waals surface area contributed by atoms with Crippen LogP contribution >= 0.6 is 11.6 Å². The molecule has 0 heterocycles. The van der Waals surface area contributed by atoms with Crippen molar-refractivity contribution in [2.75, 3.05) is 5.32 Å². The molecule has 0 aliphatic heterocycles. The maximum Gasteiger partial charge on any atom is 0.257 e. The number of amides is 1. The zero-order valence-corrected chi connectivity index (χ0v) is 10.3. The normalized spacial score (nSPS) is 11.9. The summed E-state index contributed by atoms with van der Waals surface area (Å²) in [6, 6.07) is 15.5. The molecule has 0 radical (unpaired) electrons. The van der Waals surface area contributed by atoms with Gasteiger partial charge in [-0.25, -0.2) is 0 Å². The van der Waals surface area contributed by atoms with Gasteiger partial charge < -0.3 is 10.4 Å². The van der Waals surface area contributed by atoms with E-state index in [1.54, 1.807) is 48.5 Å². The zero-order valence-electron chi connectivity index (χ0n) is 9.51. The number of rotatable bonds is 3. The number of hydrogen-bond donors (Lipinski definition) is 2. The van der Waals surface area contributed by atoms with E-state index in [0.29, 0.717) is 16.3 Å². The molecule has 4 heteroatoms. The van der Waals surface area contributed by atoms with Crippen molar-refractivity contribution in [3.63, 3.8) is 0 Å². The SMILES string of the molecule is O=C(Nc1ccc(Cl)cc1)[C@@H](O)c1ccccc1. The van der Waals surface area contributed by atoms with E-state index in [1.165, 1.54) is 0 Å². The number of carbonyl (C=O) groups is 1. The summed E-state index contributed by atoms with van der Waals surface area (Å²) in [6.07, 6.45) is -1.18. The third-order valence-electron chi connectivity index (χ3n) is 2.48. The first kappa shape index (κ1) is 12.6. The topological polar surface area (TPSA) is 49.3 Å². The first-order chi connectivity index (χ1) is 8.66. The van der Waals surface area contributed by atoms with E-state index >= 15 is 0 Å².